The van der Waals surface area contributed by atoms with Crippen LogP contribution in [0, 0.1) is 5.92 Å². The van der Waals surface area contributed by atoms with Crippen molar-refractivity contribution in [3.63, 3.8) is 0 Å². The van der Waals surface area contributed by atoms with Gasteiger partial charge in [0.25, 0.3) is 5.91 Å². The molecule has 0 N–H and O–H groups in total. The Balaban J connectivity index is 1.27. The van der Waals surface area contributed by atoms with Crippen molar-refractivity contribution in [1.82, 2.24) is 14.8 Å². The molecule has 0 spiro atoms. The molecule has 1 aromatic heterocycles. The van der Waals surface area contributed by atoms with Crippen molar-refractivity contribution < 1.29 is 19.1 Å². The average molecular weight is 359 g/mol. The highest BCUT2D eigenvalue weighted by Crippen LogP contribution is 2.32. The van der Waals surface area contributed by atoms with Crippen LogP contribution in [0.2, 0.25) is 0 Å². The predicted molar refractivity (Wildman–Crippen MR) is 93.9 cm³/mol. The third kappa shape index (κ3) is 3.98. The third-order valence-electron chi connectivity index (χ3n) is 5.25. The topological polar surface area (TPSA) is 72.0 Å². The molecule has 0 aromatic carbocycles. The van der Waals surface area contributed by atoms with Gasteiger partial charge >= 0.3 is 0 Å². The molecular formula is C19H25N3O4. The van der Waals surface area contributed by atoms with Crippen LogP contribution in [0.15, 0.2) is 18.3 Å². The van der Waals surface area contributed by atoms with E-state index in [2.05, 4.69) is 4.98 Å². The van der Waals surface area contributed by atoms with E-state index in [0.29, 0.717) is 43.7 Å². The van der Waals surface area contributed by atoms with Crippen molar-refractivity contribution in [3.05, 3.63) is 23.9 Å². The lowest BCUT2D eigenvalue weighted by Crippen LogP contribution is -2.42. The molecule has 7 nitrogen and oxygen atoms in total. The van der Waals surface area contributed by atoms with Crippen LogP contribution in [-0.2, 0) is 9.53 Å². The fourth-order valence-electron chi connectivity index (χ4n) is 3.48. The first-order valence-corrected chi connectivity index (χ1v) is 9.49. The smallest absolute Gasteiger partial charge is 0.255 e. The summed E-state index contributed by atoms with van der Waals surface area (Å²) >= 11 is 0. The molecule has 3 aliphatic rings. The van der Waals surface area contributed by atoms with Crippen LogP contribution in [0.25, 0.3) is 0 Å². The quantitative estimate of drug-likeness (QED) is 0.811. The summed E-state index contributed by atoms with van der Waals surface area (Å²) in [6, 6.07) is 3.53. The third-order valence-corrected chi connectivity index (χ3v) is 5.25. The minimum atomic E-state index is -0.0146. The fraction of sp³-hybridized carbons (Fsp3) is 0.632. The van der Waals surface area contributed by atoms with Crippen molar-refractivity contribution in [2.75, 3.05) is 39.4 Å². The maximum absolute atomic E-state index is 12.4. The first kappa shape index (κ1) is 17.3. The molecule has 1 aromatic rings. The zero-order valence-electron chi connectivity index (χ0n) is 14.9. The first-order valence-electron chi connectivity index (χ1n) is 9.49. The summed E-state index contributed by atoms with van der Waals surface area (Å²) in [7, 11) is 0. The molecule has 140 valence electrons. The van der Waals surface area contributed by atoms with Gasteiger partial charge in [-0.3, -0.25) is 9.59 Å². The van der Waals surface area contributed by atoms with Crippen molar-refractivity contribution in [1.29, 1.82) is 0 Å². The van der Waals surface area contributed by atoms with Crippen LogP contribution in [0.5, 0.6) is 5.88 Å². The largest absolute Gasteiger partial charge is 0.474 e. The Bertz CT molecular complexity index is 645. The Labute approximate surface area is 153 Å². The van der Waals surface area contributed by atoms with Crippen molar-refractivity contribution in [3.8, 4) is 5.88 Å². The Hall–Kier alpha value is -2.15. The molecule has 0 bridgehead atoms. The molecule has 1 saturated carbocycles. The minimum Gasteiger partial charge on any atom is -0.474 e. The SMILES string of the molecule is O=C(c1ccc(OC2CCN(C(=O)C3CC3)CC2)nc1)N1CCOCC1. The number of rotatable bonds is 4. The van der Waals surface area contributed by atoms with Gasteiger partial charge in [0.05, 0.1) is 18.8 Å². The van der Waals surface area contributed by atoms with Crippen molar-refractivity contribution in [2.45, 2.75) is 31.8 Å². The van der Waals surface area contributed by atoms with Crippen molar-refractivity contribution >= 4 is 11.8 Å². The first-order chi connectivity index (χ1) is 12.7. The van der Waals surface area contributed by atoms with Gasteiger partial charge in [-0.1, -0.05) is 0 Å². The number of pyridine rings is 1. The summed E-state index contributed by atoms with van der Waals surface area (Å²) < 4.78 is 11.2. The lowest BCUT2D eigenvalue weighted by Gasteiger charge is -2.32. The standard InChI is InChI=1S/C19H25N3O4/c23-18(14-1-2-14)21-7-5-16(6-8-21)26-17-4-3-15(13-20-17)19(24)22-9-11-25-12-10-22/h3-4,13-14,16H,1-2,5-12H2. The zero-order valence-corrected chi connectivity index (χ0v) is 14.9. The van der Waals surface area contributed by atoms with E-state index < -0.39 is 0 Å². The summed E-state index contributed by atoms with van der Waals surface area (Å²) in [5.74, 6) is 1.12. The summed E-state index contributed by atoms with van der Waals surface area (Å²) in [6.45, 7) is 3.93. The number of piperidine rings is 1. The summed E-state index contributed by atoms with van der Waals surface area (Å²) in [6.07, 6.45) is 5.41. The second kappa shape index (κ2) is 7.61. The van der Waals surface area contributed by atoms with Crippen LogP contribution < -0.4 is 4.74 Å². The summed E-state index contributed by atoms with van der Waals surface area (Å²) in [5.41, 5.74) is 0.573. The molecule has 26 heavy (non-hydrogen) atoms. The second-order valence-corrected chi connectivity index (χ2v) is 7.21. The van der Waals surface area contributed by atoms with Crippen LogP contribution in [0.1, 0.15) is 36.0 Å². The van der Waals surface area contributed by atoms with Gasteiger partial charge in [-0.25, -0.2) is 4.98 Å². The van der Waals surface area contributed by atoms with E-state index in [-0.39, 0.29) is 17.9 Å². The normalized spacial score (nSPS) is 21.5. The maximum Gasteiger partial charge on any atom is 0.255 e. The Morgan fingerprint density at radius 3 is 2.35 bits per heavy atom. The number of hydrogen-bond acceptors (Lipinski definition) is 5. The average Bonchev–Trinajstić information content (AvgIpc) is 3.54. The maximum atomic E-state index is 12.4. The van der Waals surface area contributed by atoms with Gasteiger partial charge in [0.1, 0.15) is 6.10 Å². The molecule has 7 heteroatoms. The predicted octanol–water partition coefficient (Wildman–Crippen LogP) is 1.33. The molecule has 4 rings (SSSR count). The Morgan fingerprint density at radius 2 is 1.73 bits per heavy atom. The lowest BCUT2D eigenvalue weighted by molar-refractivity contribution is -0.134. The summed E-state index contributed by atoms with van der Waals surface area (Å²) in [4.78, 5) is 32.6. The highest BCUT2D eigenvalue weighted by molar-refractivity contribution is 5.94. The molecule has 0 radical (unpaired) electrons. The summed E-state index contributed by atoms with van der Waals surface area (Å²) in [5, 5.41) is 0. The number of carbonyl (C=O) groups excluding carboxylic acids is 2. The molecule has 3 heterocycles. The monoisotopic (exact) mass is 359 g/mol. The van der Waals surface area contributed by atoms with Gasteiger partial charge in [-0.2, -0.15) is 0 Å². The van der Waals surface area contributed by atoms with E-state index in [4.69, 9.17) is 9.47 Å². The Kier molecular flexibility index (Phi) is 5.06. The number of ether oxygens (including phenoxy) is 2. The number of carbonyl (C=O) groups is 2. The highest BCUT2D eigenvalue weighted by Gasteiger charge is 2.35. The molecule has 2 amide bonds. The highest BCUT2D eigenvalue weighted by atomic mass is 16.5. The van der Waals surface area contributed by atoms with Crippen LogP contribution in [0.3, 0.4) is 0 Å². The molecule has 0 atom stereocenters. The molecule has 2 saturated heterocycles. The van der Waals surface area contributed by atoms with E-state index in [1.165, 1.54) is 0 Å². The molecule has 1 aliphatic carbocycles. The minimum absolute atomic E-state index is 0.0146. The van der Waals surface area contributed by atoms with Crippen LogP contribution >= 0.6 is 0 Å². The molecule has 0 unspecified atom stereocenters. The number of likely N-dealkylation sites (tertiary alicyclic amines) is 1. The van der Waals surface area contributed by atoms with Gasteiger partial charge in [-0.05, 0) is 18.9 Å². The molecular weight excluding hydrogens is 334 g/mol. The number of nitrogens with zero attached hydrogens (tertiary/aromatic N) is 3. The number of morpholine rings is 1. The van der Waals surface area contributed by atoms with Crippen LogP contribution in [-0.4, -0.2) is 72.1 Å². The van der Waals surface area contributed by atoms with Gasteiger partial charge in [-0.15, -0.1) is 0 Å². The number of aromatic nitrogens is 1. The van der Waals surface area contributed by atoms with E-state index >= 15 is 0 Å². The van der Waals surface area contributed by atoms with Gasteiger partial charge < -0.3 is 19.3 Å². The van der Waals surface area contributed by atoms with E-state index in [9.17, 15) is 9.59 Å². The number of amides is 2. The van der Waals surface area contributed by atoms with E-state index in [1.807, 2.05) is 4.90 Å². The van der Waals surface area contributed by atoms with Crippen molar-refractivity contribution in [2.24, 2.45) is 5.92 Å². The van der Waals surface area contributed by atoms with Gasteiger partial charge in [0.2, 0.25) is 11.8 Å². The van der Waals surface area contributed by atoms with Crippen LogP contribution in [0.4, 0.5) is 0 Å². The molecule has 2 aliphatic heterocycles. The zero-order chi connectivity index (χ0) is 17.9. The lowest BCUT2D eigenvalue weighted by atomic mass is 10.1. The van der Waals surface area contributed by atoms with E-state index in [0.717, 1.165) is 38.8 Å². The number of hydrogen-bond donors (Lipinski definition) is 0. The Morgan fingerprint density at radius 1 is 1.00 bits per heavy atom. The second-order valence-electron chi connectivity index (χ2n) is 7.21. The van der Waals surface area contributed by atoms with E-state index in [1.54, 1.807) is 23.2 Å². The molecule has 3 fully saturated rings. The van der Waals surface area contributed by atoms with Gasteiger partial charge in [0, 0.05) is 57.2 Å². The fourth-order valence-corrected chi connectivity index (χ4v) is 3.48. The van der Waals surface area contributed by atoms with Gasteiger partial charge in [0.15, 0.2) is 0 Å².